The molecule has 5 aromatic heterocycles. The van der Waals surface area contributed by atoms with Crippen LogP contribution in [0.15, 0.2) is 158 Å². The van der Waals surface area contributed by atoms with Gasteiger partial charge in [0.2, 0.25) is 0 Å². The van der Waals surface area contributed by atoms with Crippen LogP contribution in [-0.2, 0) is 0 Å². The highest BCUT2D eigenvalue weighted by Gasteiger charge is 2.25. The van der Waals surface area contributed by atoms with Crippen molar-refractivity contribution in [2.45, 2.75) is 0 Å². The summed E-state index contributed by atoms with van der Waals surface area (Å²) in [6.07, 6.45) is 0. The maximum atomic E-state index is 5.61. The molecule has 53 heavy (non-hydrogen) atoms. The van der Waals surface area contributed by atoms with E-state index in [9.17, 15) is 0 Å². The van der Waals surface area contributed by atoms with E-state index in [4.69, 9.17) is 9.97 Å². The van der Waals surface area contributed by atoms with E-state index < -0.39 is 0 Å². The van der Waals surface area contributed by atoms with Crippen molar-refractivity contribution in [2.24, 2.45) is 0 Å². The van der Waals surface area contributed by atoms with E-state index >= 15 is 0 Å². The van der Waals surface area contributed by atoms with Crippen LogP contribution in [0.25, 0.3) is 119 Å². The van der Waals surface area contributed by atoms with Crippen LogP contribution in [0.1, 0.15) is 0 Å². The fourth-order valence-corrected chi connectivity index (χ4v) is 10.4. The molecule has 0 saturated heterocycles. The van der Waals surface area contributed by atoms with Gasteiger partial charge in [-0.2, -0.15) is 0 Å². The zero-order valence-corrected chi connectivity index (χ0v) is 29.0. The smallest absolute Gasteiger partial charge is 0.165 e. The first-order chi connectivity index (χ1) is 26.3. The van der Waals surface area contributed by atoms with Gasteiger partial charge in [-0.3, -0.25) is 4.57 Å². The Labute approximate surface area is 305 Å². The van der Waals surface area contributed by atoms with Gasteiger partial charge in [-0.15, -0.1) is 11.3 Å². The van der Waals surface area contributed by atoms with Crippen LogP contribution in [0.5, 0.6) is 0 Å². The number of hydrogen-bond donors (Lipinski definition) is 0. The summed E-state index contributed by atoms with van der Waals surface area (Å²) in [5.74, 6) is 0.831. The SMILES string of the molecule is c1ccc(-c2nc3ccc4ccccc4c3nc2-n2c3cccc4c5cccc6c7ccc8sc9ccccc9c8c7n(c7cccc2c7c43)c56)cc1. The quantitative estimate of drug-likeness (QED) is 0.169. The van der Waals surface area contributed by atoms with Crippen molar-refractivity contribution in [2.75, 3.05) is 0 Å². The Morgan fingerprint density at radius 3 is 2.00 bits per heavy atom. The van der Waals surface area contributed by atoms with Crippen molar-refractivity contribution in [3.8, 4) is 17.1 Å². The van der Waals surface area contributed by atoms with Gasteiger partial charge in [-0.05, 0) is 47.2 Å². The van der Waals surface area contributed by atoms with Gasteiger partial charge >= 0.3 is 0 Å². The molecule has 0 saturated carbocycles. The lowest BCUT2D eigenvalue weighted by atomic mass is 10.0. The van der Waals surface area contributed by atoms with Crippen molar-refractivity contribution in [1.29, 1.82) is 0 Å². The second kappa shape index (κ2) is 9.94. The van der Waals surface area contributed by atoms with Gasteiger partial charge in [0.1, 0.15) is 5.69 Å². The first kappa shape index (κ1) is 27.8. The van der Waals surface area contributed by atoms with E-state index in [1.54, 1.807) is 0 Å². The van der Waals surface area contributed by atoms with Crippen LogP contribution < -0.4 is 0 Å². The number of nitrogens with zero attached hydrogens (tertiary/aromatic N) is 4. The highest BCUT2D eigenvalue weighted by molar-refractivity contribution is 7.26. The Bertz CT molecular complexity index is 3680. The summed E-state index contributed by atoms with van der Waals surface area (Å²) < 4.78 is 7.57. The van der Waals surface area contributed by atoms with Gasteiger partial charge in [-0.25, -0.2) is 9.97 Å². The van der Waals surface area contributed by atoms with Gasteiger partial charge in [0.25, 0.3) is 0 Å². The predicted octanol–water partition coefficient (Wildman–Crippen LogP) is 13.1. The molecule has 13 aromatic rings. The molecule has 0 atom stereocenters. The normalized spacial score (nSPS) is 12.5. The van der Waals surface area contributed by atoms with E-state index in [1.165, 1.54) is 69.0 Å². The fourth-order valence-electron chi connectivity index (χ4n) is 9.27. The van der Waals surface area contributed by atoms with Gasteiger partial charge in [-0.1, -0.05) is 121 Å². The first-order valence-electron chi connectivity index (χ1n) is 18.0. The molecular weight excluding hydrogens is 665 g/mol. The van der Waals surface area contributed by atoms with E-state index in [2.05, 4.69) is 167 Å². The standard InChI is InChI=1S/C48H26N4S/c1-2-12-28(13-3-1)44-48(50-45-29-14-5-4-11-27(29)23-25-35(45)49-44)51-36-19-9-16-30-31-17-8-18-32-33-24-26-40-42(34-15-6-7-22-39(34)53-40)47(33)52(46(31)32)38-21-10-20-37(51)43(38)41(30)36/h1-26H. The molecule has 244 valence electrons. The summed E-state index contributed by atoms with van der Waals surface area (Å²) in [6, 6.07) is 57.2. The molecule has 13 rings (SSSR count). The molecular formula is C48H26N4S. The van der Waals surface area contributed by atoms with Crippen LogP contribution in [0, 0.1) is 0 Å². The van der Waals surface area contributed by atoms with Crippen LogP contribution >= 0.6 is 11.3 Å². The Morgan fingerprint density at radius 1 is 0.415 bits per heavy atom. The fraction of sp³-hybridized carbons (Fsp3) is 0. The lowest BCUT2D eigenvalue weighted by molar-refractivity contribution is 1.08. The molecule has 0 fully saturated rings. The van der Waals surface area contributed by atoms with Gasteiger partial charge in [0.05, 0.1) is 38.6 Å². The summed E-state index contributed by atoms with van der Waals surface area (Å²) in [5, 5.41) is 12.4. The third kappa shape index (κ3) is 3.50. The molecule has 0 unspecified atom stereocenters. The van der Waals surface area contributed by atoms with E-state index in [0.29, 0.717) is 0 Å². The summed E-state index contributed by atoms with van der Waals surface area (Å²) in [7, 11) is 0. The molecule has 0 radical (unpaired) electrons. The van der Waals surface area contributed by atoms with Gasteiger partial charge in [0, 0.05) is 58.1 Å². The average molecular weight is 691 g/mol. The van der Waals surface area contributed by atoms with Crippen molar-refractivity contribution < 1.29 is 0 Å². The predicted molar refractivity (Wildman–Crippen MR) is 224 cm³/mol. The minimum atomic E-state index is 0.831. The maximum Gasteiger partial charge on any atom is 0.165 e. The molecule has 8 aromatic carbocycles. The molecule has 0 N–H and O–H groups in total. The average Bonchev–Trinajstić information content (AvgIpc) is 3.85. The molecule has 5 heteroatoms. The van der Waals surface area contributed by atoms with Gasteiger partial charge < -0.3 is 4.40 Å². The zero-order valence-electron chi connectivity index (χ0n) is 28.2. The highest BCUT2D eigenvalue weighted by atomic mass is 32.1. The van der Waals surface area contributed by atoms with Crippen molar-refractivity contribution in [3.63, 3.8) is 0 Å². The molecule has 4 nitrogen and oxygen atoms in total. The molecule has 0 aliphatic rings. The van der Waals surface area contributed by atoms with E-state index in [0.717, 1.165) is 49.9 Å². The summed E-state index contributed by atoms with van der Waals surface area (Å²) in [5.41, 5.74) is 9.64. The largest absolute Gasteiger partial charge is 0.307 e. The Kier molecular flexibility index (Phi) is 5.22. The van der Waals surface area contributed by atoms with Crippen LogP contribution in [0.2, 0.25) is 0 Å². The topological polar surface area (TPSA) is 35.1 Å². The number of benzene rings is 8. The van der Waals surface area contributed by atoms with Crippen LogP contribution in [-0.4, -0.2) is 18.9 Å². The van der Waals surface area contributed by atoms with Gasteiger partial charge in [0.15, 0.2) is 5.82 Å². The van der Waals surface area contributed by atoms with E-state index in [-0.39, 0.29) is 0 Å². The Hall–Kier alpha value is -6.82. The second-order valence-electron chi connectivity index (χ2n) is 14.1. The van der Waals surface area contributed by atoms with Crippen molar-refractivity contribution >= 4 is 113 Å². The molecule has 0 spiro atoms. The number of hydrogen-bond acceptors (Lipinski definition) is 3. The van der Waals surface area contributed by atoms with E-state index in [1.807, 2.05) is 11.3 Å². The number of fused-ring (bicyclic) bond motifs is 12. The summed E-state index contributed by atoms with van der Waals surface area (Å²) in [6.45, 7) is 0. The molecule has 0 amide bonds. The summed E-state index contributed by atoms with van der Waals surface area (Å²) >= 11 is 1.88. The monoisotopic (exact) mass is 690 g/mol. The minimum absolute atomic E-state index is 0.831. The molecule has 0 aliphatic heterocycles. The highest BCUT2D eigenvalue weighted by Crippen LogP contribution is 2.47. The molecule has 5 heterocycles. The van der Waals surface area contributed by atoms with Crippen LogP contribution in [0.3, 0.4) is 0 Å². The lowest BCUT2D eigenvalue weighted by Crippen LogP contribution is -2.04. The minimum Gasteiger partial charge on any atom is -0.307 e. The Morgan fingerprint density at radius 2 is 1.09 bits per heavy atom. The molecule has 0 bridgehead atoms. The molecule has 0 aliphatic carbocycles. The summed E-state index contributed by atoms with van der Waals surface area (Å²) in [4.78, 5) is 11.0. The number of thiophene rings is 1. The second-order valence-corrected chi connectivity index (χ2v) is 15.2. The zero-order chi connectivity index (χ0) is 34.4. The van der Waals surface area contributed by atoms with Crippen molar-refractivity contribution in [3.05, 3.63) is 158 Å². The third-order valence-electron chi connectivity index (χ3n) is 11.4. The number of para-hydroxylation sites is 1. The van der Waals surface area contributed by atoms with Crippen LogP contribution in [0.4, 0.5) is 0 Å². The number of rotatable bonds is 2. The third-order valence-corrected chi connectivity index (χ3v) is 12.6. The first-order valence-corrected chi connectivity index (χ1v) is 18.8. The van der Waals surface area contributed by atoms with Crippen molar-refractivity contribution in [1.82, 2.24) is 18.9 Å². The number of aromatic nitrogens is 4. The Balaban J connectivity index is 1.29. The lowest BCUT2D eigenvalue weighted by Gasteiger charge is -2.15. The maximum absolute atomic E-state index is 5.61.